The number of para-hydroxylation sites is 2. The molecule has 1 amide bonds. The summed E-state index contributed by atoms with van der Waals surface area (Å²) in [7, 11) is 0. The maximum Gasteiger partial charge on any atom is 0.240 e. The van der Waals surface area contributed by atoms with Gasteiger partial charge in [0.05, 0.1) is 13.1 Å². The number of anilines is 2. The van der Waals surface area contributed by atoms with Gasteiger partial charge in [-0.1, -0.05) is 54.6 Å². The average Bonchev–Trinajstić information content (AvgIpc) is 2.95. The van der Waals surface area contributed by atoms with Crippen LogP contribution in [0.2, 0.25) is 0 Å². The van der Waals surface area contributed by atoms with E-state index < -0.39 is 11.7 Å². The van der Waals surface area contributed by atoms with Crippen molar-refractivity contribution in [1.29, 1.82) is 0 Å². The van der Waals surface area contributed by atoms with Gasteiger partial charge >= 0.3 is 0 Å². The van der Waals surface area contributed by atoms with Gasteiger partial charge in [0.2, 0.25) is 5.91 Å². The standard InChI is InChI=1S/C24H24N4O2/c1-24(14-8-7-13-21(24)29)28-17-22(26-15-18-9-5-6-12-20(18)28)27-23(30)16-25-19-10-3-2-4-11-19/h2-15,22,25H,16-17H2,1H3,(H,27,30)/t22-,24?/m0/s1. The zero-order valence-corrected chi connectivity index (χ0v) is 16.8. The van der Waals surface area contributed by atoms with E-state index in [1.54, 1.807) is 18.4 Å². The van der Waals surface area contributed by atoms with E-state index in [2.05, 4.69) is 15.6 Å². The van der Waals surface area contributed by atoms with Crippen molar-refractivity contribution in [3.63, 3.8) is 0 Å². The zero-order chi connectivity index (χ0) is 21.0. The summed E-state index contributed by atoms with van der Waals surface area (Å²) in [4.78, 5) is 31.9. The summed E-state index contributed by atoms with van der Waals surface area (Å²) in [5.41, 5.74) is 1.86. The van der Waals surface area contributed by atoms with Crippen LogP contribution in [-0.4, -0.2) is 42.7 Å². The second-order valence-corrected chi connectivity index (χ2v) is 7.48. The van der Waals surface area contributed by atoms with Crippen LogP contribution in [0, 0.1) is 0 Å². The predicted molar refractivity (Wildman–Crippen MR) is 120 cm³/mol. The van der Waals surface area contributed by atoms with Gasteiger partial charge in [-0.25, -0.2) is 0 Å². The summed E-state index contributed by atoms with van der Waals surface area (Å²) in [6.45, 7) is 2.42. The molecular formula is C24H24N4O2. The van der Waals surface area contributed by atoms with E-state index in [1.165, 1.54) is 0 Å². The lowest BCUT2D eigenvalue weighted by Gasteiger charge is -2.41. The Hall–Kier alpha value is -3.67. The number of carbonyl (C=O) groups is 2. The van der Waals surface area contributed by atoms with E-state index in [0.29, 0.717) is 6.54 Å². The van der Waals surface area contributed by atoms with Gasteiger partial charge < -0.3 is 15.5 Å². The van der Waals surface area contributed by atoms with Crippen LogP contribution >= 0.6 is 0 Å². The van der Waals surface area contributed by atoms with Gasteiger partial charge in [-0.2, -0.15) is 0 Å². The van der Waals surface area contributed by atoms with Gasteiger partial charge in [-0.05, 0) is 31.2 Å². The number of hydrogen-bond donors (Lipinski definition) is 2. The minimum atomic E-state index is -0.843. The van der Waals surface area contributed by atoms with E-state index in [0.717, 1.165) is 16.9 Å². The predicted octanol–water partition coefficient (Wildman–Crippen LogP) is 2.93. The average molecular weight is 400 g/mol. The molecule has 2 aromatic carbocycles. The Bertz CT molecular complexity index is 1030. The molecule has 6 heteroatoms. The van der Waals surface area contributed by atoms with Crippen LogP contribution in [0.5, 0.6) is 0 Å². The molecule has 0 bridgehead atoms. The lowest BCUT2D eigenvalue weighted by atomic mass is 9.88. The first-order chi connectivity index (χ1) is 14.6. The molecule has 1 aliphatic carbocycles. The number of ketones is 1. The number of amides is 1. The Kier molecular flexibility index (Phi) is 5.48. The first kappa shape index (κ1) is 19.6. The van der Waals surface area contributed by atoms with Crippen LogP contribution in [0.15, 0.2) is 83.9 Å². The molecule has 1 heterocycles. The van der Waals surface area contributed by atoms with E-state index >= 15 is 0 Å². The third-order valence-electron chi connectivity index (χ3n) is 5.37. The fraction of sp³-hybridized carbons (Fsp3) is 0.208. The number of hydrogen-bond acceptors (Lipinski definition) is 5. The molecule has 2 aromatic rings. The monoisotopic (exact) mass is 400 g/mol. The van der Waals surface area contributed by atoms with Gasteiger partial charge in [0, 0.05) is 23.2 Å². The molecule has 0 spiro atoms. The van der Waals surface area contributed by atoms with Crippen molar-refractivity contribution >= 4 is 29.3 Å². The zero-order valence-electron chi connectivity index (χ0n) is 16.8. The van der Waals surface area contributed by atoms with Crippen LogP contribution in [0.4, 0.5) is 11.4 Å². The minimum Gasteiger partial charge on any atom is -0.376 e. The summed E-state index contributed by atoms with van der Waals surface area (Å²) < 4.78 is 0. The van der Waals surface area contributed by atoms with Gasteiger partial charge in [0.15, 0.2) is 5.78 Å². The first-order valence-electron chi connectivity index (χ1n) is 9.95. The number of benzodiazepines with no additional fused rings is 1. The highest BCUT2D eigenvalue weighted by atomic mass is 16.2. The van der Waals surface area contributed by atoms with Crippen molar-refractivity contribution in [1.82, 2.24) is 5.32 Å². The molecule has 0 saturated heterocycles. The normalized spacial score (nSPS) is 22.4. The third-order valence-corrected chi connectivity index (χ3v) is 5.37. The highest BCUT2D eigenvalue weighted by Gasteiger charge is 2.39. The van der Waals surface area contributed by atoms with Gasteiger partial charge in [-0.3, -0.25) is 14.6 Å². The molecule has 152 valence electrons. The van der Waals surface area contributed by atoms with Crippen molar-refractivity contribution in [2.45, 2.75) is 18.6 Å². The molecule has 6 nitrogen and oxygen atoms in total. The van der Waals surface area contributed by atoms with Gasteiger partial charge in [-0.15, -0.1) is 0 Å². The van der Waals surface area contributed by atoms with E-state index in [-0.39, 0.29) is 18.2 Å². The van der Waals surface area contributed by atoms with Crippen LogP contribution in [0.3, 0.4) is 0 Å². The summed E-state index contributed by atoms with van der Waals surface area (Å²) in [6.07, 6.45) is 8.40. The summed E-state index contributed by atoms with van der Waals surface area (Å²) >= 11 is 0. The second-order valence-electron chi connectivity index (χ2n) is 7.48. The Morgan fingerprint density at radius 3 is 2.70 bits per heavy atom. The molecule has 1 aliphatic heterocycles. The molecule has 0 radical (unpaired) electrons. The molecular weight excluding hydrogens is 376 g/mol. The summed E-state index contributed by atoms with van der Waals surface area (Å²) in [6, 6.07) is 17.4. The van der Waals surface area contributed by atoms with Crippen LogP contribution < -0.4 is 15.5 Å². The maximum atomic E-state index is 12.8. The van der Waals surface area contributed by atoms with Gasteiger partial charge in [0.25, 0.3) is 0 Å². The maximum absolute atomic E-state index is 12.8. The van der Waals surface area contributed by atoms with Gasteiger partial charge in [0.1, 0.15) is 11.7 Å². The Balaban J connectivity index is 1.53. The molecule has 30 heavy (non-hydrogen) atoms. The van der Waals surface area contributed by atoms with Crippen molar-refractivity contribution in [2.24, 2.45) is 4.99 Å². The molecule has 2 aliphatic rings. The van der Waals surface area contributed by atoms with Crippen molar-refractivity contribution in [2.75, 3.05) is 23.3 Å². The van der Waals surface area contributed by atoms with E-state index in [1.807, 2.05) is 78.6 Å². The number of nitrogens with zero attached hydrogens (tertiary/aromatic N) is 2. The highest BCUT2D eigenvalue weighted by Crippen LogP contribution is 2.32. The minimum absolute atomic E-state index is 0.00229. The van der Waals surface area contributed by atoms with Crippen molar-refractivity contribution < 1.29 is 9.59 Å². The second kappa shape index (κ2) is 8.37. The fourth-order valence-electron chi connectivity index (χ4n) is 3.69. The number of nitrogens with one attached hydrogen (secondary N) is 2. The SMILES string of the molecule is CC1(N2C[C@H](NC(=O)CNc3ccccc3)N=Cc3ccccc32)C=CC=CC1=O. The van der Waals surface area contributed by atoms with Crippen molar-refractivity contribution in [3.05, 3.63) is 84.5 Å². The fourth-order valence-corrected chi connectivity index (χ4v) is 3.69. The van der Waals surface area contributed by atoms with E-state index in [4.69, 9.17) is 0 Å². The number of benzene rings is 2. The Morgan fingerprint density at radius 2 is 1.90 bits per heavy atom. The Labute approximate surface area is 176 Å². The molecule has 0 fully saturated rings. The number of fused-ring (bicyclic) bond motifs is 1. The third kappa shape index (κ3) is 4.03. The quantitative estimate of drug-likeness (QED) is 0.809. The molecule has 1 unspecified atom stereocenters. The Morgan fingerprint density at radius 1 is 1.13 bits per heavy atom. The smallest absolute Gasteiger partial charge is 0.240 e. The topological polar surface area (TPSA) is 73.8 Å². The van der Waals surface area contributed by atoms with Crippen LogP contribution in [-0.2, 0) is 9.59 Å². The largest absolute Gasteiger partial charge is 0.376 e. The molecule has 4 rings (SSSR count). The number of aliphatic imine (C=N–C) groups is 1. The highest BCUT2D eigenvalue weighted by molar-refractivity contribution is 6.04. The number of rotatable bonds is 5. The lowest BCUT2D eigenvalue weighted by molar-refractivity contribution is -0.120. The summed E-state index contributed by atoms with van der Waals surface area (Å²) in [5, 5.41) is 6.07. The first-order valence-corrected chi connectivity index (χ1v) is 9.95. The molecule has 0 saturated carbocycles. The summed E-state index contributed by atoms with van der Waals surface area (Å²) in [5.74, 6) is -0.167. The van der Waals surface area contributed by atoms with Crippen LogP contribution in [0.25, 0.3) is 0 Å². The van der Waals surface area contributed by atoms with Crippen molar-refractivity contribution in [3.8, 4) is 0 Å². The lowest BCUT2D eigenvalue weighted by Crippen LogP contribution is -2.56. The molecule has 0 aromatic heterocycles. The number of carbonyl (C=O) groups excluding carboxylic acids is 2. The molecule has 2 N–H and O–H groups in total. The number of allylic oxidation sites excluding steroid dienone is 2. The van der Waals surface area contributed by atoms with E-state index in [9.17, 15) is 9.59 Å². The molecule has 2 atom stereocenters. The van der Waals surface area contributed by atoms with Crippen LogP contribution in [0.1, 0.15) is 12.5 Å².